The van der Waals surface area contributed by atoms with Gasteiger partial charge in [-0.15, -0.1) is 11.3 Å². The molecule has 0 aliphatic rings. The third kappa shape index (κ3) is 2.29. The summed E-state index contributed by atoms with van der Waals surface area (Å²) in [5.74, 6) is -0.221. The van der Waals surface area contributed by atoms with E-state index in [0.29, 0.717) is 5.56 Å². The van der Waals surface area contributed by atoms with E-state index in [1.54, 1.807) is 12.1 Å². The number of para-hydroxylation sites is 1. The van der Waals surface area contributed by atoms with Crippen molar-refractivity contribution in [2.45, 2.75) is 0 Å². The first-order chi connectivity index (χ1) is 7.84. The Hall–Kier alpha value is -1.09. The number of aromatic nitrogens is 1. The molecule has 1 nitrogen and oxygen atoms in total. The molecule has 1 aromatic heterocycles. The van der Waals surface area contributed by atoms with E-state index in [9.17, 15) is 4.39 Å². The SMILES string of the molecule is Fc1ccccc1-c1nc2ccccc2s1.[Ir]. The molecule has 0 fully saturated rings. The van der Waals surface area contributed by atoms with Crippen molar-refractivity contribution in [1.29, 1.82) is 0 Å². The number of thiazole rings is 1. The first kappa shape index (κ1) is 12.4. The normalized spacial score (nSPS) is 10.2. The van der Waals surface area contributed by atoms with E-state index in [4.69, 9.17) is 0 Å². The fourth-order valence-corrected chi connectivity index (χ4v) is 2.61. The van der Waals surface area contributed by atoms with Gasteiger partial charge in [0.1, 0.15) is 10.8 Å². The van der Waals surface area contributed by atoms with Gasteiger partial charge in [-0.25, -0.2) is 9.37 Å². The summed E-state index contributed by atoms with van der Waals surface area (Å²) in [5.41, 5.74) is 1.49. The number of fused-ring (bicyclic) bond motifs is 1. The molecule has 0 atom stereocenters. The van der Waals surface area contributed by atoms with Crippen LogP contribution in [0.2, 0.25) is 0 Å². The van der Waals surface area contributed by atoms with Crippen LogP contribution >= 0.6 is 11.3 Å². The molecule has 0 saturated heterocycles. The molecule has 3 aromatic rings. The van der Waals surface area contributed by atoms with Crippen LogP contribution in [0.5, 0.6) is 0 Å². The van der Waals surface area contributed by atoms with Crippen LogP contribution in [-0.4, -0.2) is 4.98 Å². The molecule has 0 bridgehead atoms. The van der Waals surface area contributed by atoms with E-state index >= 15 is 0 Å². The summed E-state index contributed by atoms with van der Waals surface area (Å²) in [6.07, 6.45) is 0. The van der Waals surface area contributed by atoms with Crippen molar-refractivity contribution in [3.63, 3.8) is 0 Å². The molecule has 0 aliphatic carbocycles. The van der Waals surface area contributed by atoms with E-state index in [1.165, 1.54) is 17.4 Å². The Kier molecular flexibility index (Phi) is 3.67. The molecule has 0 spiro atoms. The fourth-order valence-electron chi connectivity index (χ4n) is 1.62. The average Bonchev–Trinajstić information content (AvgIpc) is 2.73. The maximum atomic E-state index is 13.6. The Morgan fingerprint density at radius 1 is 0.941 bits per heavy atom. The maximum Gasteiger partial charge on any atom is 0.133 e. The van der Waals surface area contributed by atoms with Crippen LogP contribution in [0.4, 0.5) is 4.39 Å². The molecule has 0 saturated carbocycles. The van der Waals surface area contributed by atoms with Gasteiger partial charge in [0.25, 0.3) is 0 Å². The van der Waals surface area contributed by atoms with Crippen molar-refractivity contribution >= 4 is 21.6 Å². The van der Waals surface area contributed by atoms with Crippen LogP contribution in [0.25, 0.3) is 20.8 Å². The Bertz CT molecular complexity index is 617. The number of halogens is 1. The minimum Gasteiger partial charge on any atom is -0.236 e. The minimum atomic E-state index is -0.221. The third-order valence-electron chi connectivity index (χ3n) is 2.40. The monoisotopic (exact) mass is 422 g/mol. The summed E-state index contributed by atoms with van der Waals surface area (Å²) in [4.78, 5) is 4.42. The topological polar surface area (TPSA) is 12.9 Å². The quantitative estimate of drug-likeness (QED) is 0.577. The molecule has 1 heterocycles. The van der Waals surface area contributed by atoms with Crippen LogP contribution < -0.4 is 0 Å². The van der Waals surface area contributed by atoms with Gasteiger partial charge in [-0.2, -0.15) is 0 Å². The molecule has 2 aromatic carbocycles. The molecule has 0 N–H and O–H groups in total. The van der Waals surface area contributed by atoms with Crippen LogP contribution in [0, 0.1) is 5.82 Å². The minimum absolute atomic E-state index is 0. The van der Waals surface area contributed by atoms with E-state index in [0.717, 1.165) is 15.2 Å². The summed E-state index contributed by atoms with van der Waals surface area (Å²) in [7, 11) is 0. The fraction of sp³-hybridized carbons (Fsp3) is 0. The second-order valence-corrected chi connectivity index (χ2v) is 4.50. The number of benzene rings is 2. The van der Waals surface area contributed by atoms with Crippen molar-refractivity contribution in [1.82, 2.24) is 4.98 Å². The molecular formula is C13H8FIrNS. The standard InChI is InChI=1S/C13H8FNS.Ir/c14-10-6-2-1-5-9(10)13-15-11-7-3-4-8-12(11)16-13;/h1-8H;. The van der Waals surface area contributed by atoms with Gasteiger partial charge >= 0.3 is 0 Å². The third-order valence-corrected chi connectivity index (χ3v) is 3.47. The first-order valence-electron chi connectivity index (χ1n) is 4.95. The zero-order valence-corrected chi connectivity index (χ0v) is 11.9. The van der Waals surface area contributed by atoms with Gasteiger partial charge in [0.05, 0.1) is 10.2 Å². The predicted molar refractivity (Wildman–Crippen MR) is 65.0 cm³/mol. The second-order valence-electron chi connectivity index (χ2n) is 3.47. The number of hydrogen-bond donors (Lipinski definition) is 0. The van der Waals surface area contributed by atoms with Crippen molar-refractivity contribution in [3.05, 3.63) is 54.3 Å². The summed E-state index contributed by atoms with van der Waals surface area (Å²) in [6, 6.07) is 14.6. The van der Waals surface area contributed by atoms with Gasteiger partial charge in [0.15, 0.2) is 0 Å². The average molecular weight is 421 g/mol. The van der Waals surface area contributed by atoms with Crippen LogP contribution in [-0.2, 0) is 20.1 Å². The smallest absolute Gasteiger partial charge is 0.133 e. The van der Waals surface area contributed by atoms with Gasteiger partial charge in [-0.1, -0.05) is 24.3 Å². The zero-order valence-electron chi connectivity index (χ0n) is 8.69. The zero-order chi connectivity index (χ0) is 11.0. The molecule has 0 aliphatic heterocycles. The molecule has 17 heavy (non-hydrogen) atoms. The number of hydrogen-bond acceptors (Lipinski definition) is 2. The van der Waals surface area contributed by atoms with Crippen LogP contribution in [0.15, 0.2) is 48.5 Å². The van der Waals surface area contributed by atoms with E-state index < -0.39 is 0 Å². The van der Waals surface area contributed by atoms with Crippen molar-refractivity contribution in [3.8, 4) is 10.6 Å². The molecular weight excluding hydrogens is 413 g/mol. The molecule has 3 rings (SSSR count). The van der Waals surface area contributed by atoms with E-state index in [2.05, 4.69) is 4.98 Å². The van der Waals surface area contributed by atoms with Crippen molar-refractivity contribution in [2.75, 3.05) is 0 Å². The van der Waals surface area contributed by atoms with Gasteiger partial charge in [-0.05, 0) is 24.3 Å². The second kappa shape index (κ2) is 5.05. The van der Waals surface area contributed by atoms with Gasteiger partial charge < -0.3 is 0 Å². The van der Waals surface area contributed by atoms with Crippen LogP contribution in [0.1, 0.15) is 0 Å². The summed E-state index contributed by atoms with van der Waals surface area (Å²) in [5, 5.41) is 0.735. The first-order valence-corrected chi connectivity index (χ1v) is 5.77. The molecule has 4 heteroatoms. The predicted octanol–water partition coefficient (Wildman–Crippen LogP) is 4.10. The molecule has 0 unspecified atom stereocenters. The molecule has 1 radical (unpaired) electrons. The Morgan fingerprint density at radius 2 is 1.65 bits per heavy atom. The van der Waals surface area contributed by atoms with Crippen LogP contribution in [0.3, 0.4) is 0 Å². The van der Waals surface area contributed by atoms with Gasteiger partial charge in [0.2, 0.25) is 0 Å². The summed E-state index contributed by atoms with van der Waals surface area (Å²) in [6.45, 7) is 0. The summed E-state index contributed by atoms with van der Waals surface area (Å²) >= 11 is 1.51. The largest absolute Gasteiger partial charge is 0.236 e. The van der Waals surface area contributed by atoms with Gasteiger partial charge in [-0.3, -0.25) is 0 Å². The van der Waals surface area contributed by atoms with E-state index in [-0.39, 0.29) is 25.9 Å². The number of nitrogens with zero attached hydrogens (tertiary/aromatic N) is 1. The molecule has 0 amide bonds. The Labute approximate surface area is 116 Å². The summed E-state index contributed by atoms with van der Waals surface area (Å²) < 4.78 is 14.7. The molecule has 87 valence electrons. The van der Waals surface area contributed by atoms with E-state index in [1.807, 2.05) is 30.3 Å². The van der Waals surface area contributed by atoms with Crippen molar-refractivity contribution < 1.29 is 24.5 Å². The van der Waals surface area contributed by atoms with Crippen molar-refractivity contribution in [2.24, 2.45) is 0 Å². The Morgan fingerprint density at radius 3 is 2.41 bits per heavy atom. The van der Waals surface area contributed by atoms with Gasteiger partial charge in [0, 0.05) is 25.7 Å². The maximum absolute atomic E-state index is 13.6. The number of rotatable bonds is 1. The Balaban J connectivity index is 0.00000108.